The van der Waals surface area contributed by atoms with Crippen LogP contribution in [0.4, 0.5) is 11.4 Å². The van der Waals surface area contributed by atoms with Crippen molar-refractivity contribution < 1.29 is 14.3 Å². The minimum absolute atomic E-state index is 0.104. The number of nitrogens with zero attached hydrogens (tertiary/aromatic N) is 4. The van der Waals surface area contributed by atoms with Crippen LogP contribution in [0, 0.1) is 0 Å². The van der Waals surface area contributed by atoms with Crippen molar-refractivity contribution in [2.24, 2.45) is 0 Å². The summed E-state index contributed by atoms with van der Waals surface area (Å²) in [6.07, 6.45) is 10.1. The van der Waals surface area contributed by atoms with Crippen LogP contribution in [0.15, 0.2) is 48.8 Å². The molecule has 0 unspecified atom stereocenters. The lowest BCUT2D eigenvalue weighted by molar-refractivity contribution is -0.110. The number of pyridine rings is 2. The Hall–Kier alpha value is -3.03. The van der Waals surface area contributed by atoms with Crippen LogP contribution in [0.3, 0.4) is 0 Å². The Bertz CT molecular complexity index is 843. The zero-order chi connectivity index (χ0) is 20.6. The van der Waals surface area contributed by atoms with E-state index < -0.39 is 0 Å². The number of ether oxygens (including phenoxy) is 2. The van der Waals surface area contributed by atoms with Gasteiger partial charge in [-0.1, -0.05) is 0 Å². The molecule has 2 saturated heterocycles. The molecule has 0 saturated carbocycles. The summed E-state index contributed by atoms with van der Waals surface area (Å²) in [7, 11) is 0. The third-order valence-corrected chi connectivity index (χ3v) is 5.15. The Morgan fingerprint density at radius 3 is 1.63 bits per heavy atom. The first-order valence-corrected chi connectivity index (χ1v) is 10.3. The minimum atomic E-state index is -0.104. The maximum absolute atomic E-state index is 12.5. The summed E-state index contributed by atoms with van der Waals surface area (Å²) in [6.45, 7) is 6.11. The van der Waals surface area contributed by atoms with Gasteiger partial charge in [-0.05, 0) is 48.6 Å². The van der Waals surface area contributed by atoms with Gasteiger partial charge in [-0.25, -0.2) is 0 Å². The van der Waals surface area contributed by atoms with Crippen molar-refractivity contribution >= 4 is 29.3 Å². The van der Waals surface area contributed by atoms with E-state index in [0.717, 1.165) is 48.9 Å². The van der Waals surface area contributed by atoms with Crippen molar-refractivity contribution in [2.45, 2.75) is 0 Å². The molecule has 2 aliphatic rings. The molecule has 0 atom stereocenters. The van der Waals surface area contributed by atoms with Gasteiger partial charge in [0.05, 0.1) is 49.2 Å². The van der Waals surface area contributed by atoms with Crippen LogP contribution in [-0.4, -0.2) is 68.4 Å². The summed E-state index contributed by atoms with van der Waals surface area (Å²) in [5.74, 6) is -0.104. The Balaban J connectivity index is 1.46. The molecule has 2 aliphatic heterocycles. The summed E-state index contributed by atoms with van der Waals surface area (Å²) in [6, 6.07) is 7.89. The van der Waals surface area contributed by atoms with Gasteiger partial charge in [0.15, 0.2) is 5.78 Å². The Morgan fingerprint density at radius 1 is 0.767 bits per heavy atom. The predicted octanol–water partition coefficient (Wildman–Crippen LogP) is 2.45. The van der Waals surface area contributed by atoms with Crippen molar-refractivity contribution in [1.82, 2.24) is 9.97 Å². The van der Waals surface area contributed by atoms with Crippen molar-refractivity contribution in [3.05, 3.63) is 60.2 Å². The quantitative estimate of drug-likeness (QED) is 0.683. The van der Waals surface area contributed by atoms with Gasteiger partial charge in [0.2, 0.25) is 0 Å². The highest BCUT2D eigenvalue weighted by Gasteiger charge is 2.15. The largest absolute Gasteiger partial charge is 0.378 e. The molecule has 2 aromatic heterocycles. The fourth-order valence-corrected chi connectivity index (χ4v) is 3.60. The summed E-state index contributed by atoms with van der Waals surface area (Å²) in [4.78, 5) is 25.8. The van der Waals surface area contributed by atoms with Gasteiger partial charge in [0.1, 0.15) is 0 Å². The number of ketones is 1. The molecular weight excluding hydrogens is 380 g/mol. The van der Waals surface area contributed by atoms with Crippen LogP contribution < -0.4 is 9.80 Å². The van der Waals surface area contributed by atoms with E-state index in [9.17, 15) is 4.79 Å². The highest BCUT2D eigenvalue weighted by Crippen LogP contribution is 2.22. The number of carbonyl (C=O) groups excluding carboxylic acids is 1. The first-order valence-electron chi connectivity index (χ1n) is 10.3. The number of hydrogen-bond acceptors (Lipinski definition) is 7. The number of hydrogen-bond donors (Lipinski definition) is 0. The van der Waals surface area contributed by atoms with Crippen LogP contribution >= 0.6 is 0 Å². The lowest BCUT2D eigenvalue weighted by Gasteiger charge is -2.29. The Kier molecular flexibility index (Phi) is 6.84. The van der Waals surface area contributed by atoms with Crippen LogP contribution in [-0.2, 0) is 14.3 Å². The van der Waals surface area contributed by atoms with Gasteiger partial charge in [-0.2, -0.15) is 0 Å². The molecule has 2 fully saturated rings. The number of carbonyl (C=O) groups is 1. The highest BCUT2D eigenvalue weighted by molar-refractivity contribution is 6.04. The predicted molar refractivity (Wildman–Crippen MR) is 118 cm³/mol. The van der Waals surface area contributed by atoms with Gasteiger partial charge < -0.3 is 19.3 Å². The molecule has 0 bridgehead atoms. The van der Waals surface area contributed by atoms with Gasteiger partial charge >= 0.3 is 0 Å². The second kappa shape index (κ2) is 10.1. The summed E-state index contributed by atoms with van der Waals surface area (Å²) in [5, 5.41) is 0. The number of morpholine rings is 2. The number of rotatable bonds is 6. The van der Waals surface area contributed by atoms with E-state index in [1.165, 1.54) is 0 Å². The molecule has 0 spiro atoms. The maximum atomic E-state index is 12.5. The Morgan fingerprint density at radius 2 is 1.20 bits per heavy atom. The second-order valence-corrected chi connectivity index (χ2v) is 7.08. The number of anilines is 2. The molecule has 2 aromatic rings. The average molecular weight is 406 g/mol. The summed E-state index contributed by atoms with van der Waals surface area (Å²) in [5.41, 5.74) is 3.61. The average Bonchev–Trinajstić information content (AvgIpc) is 2.83. The van der Waals surface area contributed by atoms with E-state index in [1.807, 2.05) is 24.3 Å². The van der Waals surface area contributed by atoms with Crippen molar-refractivity contribution in [2.75, 3.05) is 62.4 Å². The molecule has 0 N–H and O–H groups in total. The summed E-state index contributed by atoms with van der Waals surface area (Å²) < 4.78 is 10.9. The molecule has 0 amide bonds. The van der Waals surface area contributed by atoms with Crippen LogP contribution in [0.1, 0.15) is 11.4 Å². The topological polar surface area (TPSA) is 67.8 Å². The van der Waals surface area contributed by atoms with Crippen molar-refractivity contribution in [3.8, 4) is 0 Å². The zero-order valence-electron chi connectivity index (χ0n) is 16.9. The molecule has 0 aromatic carbocycles. The molecule has 4 heterocycles. The van der Waals surface area contributed by atoms with Crippen LogP contribution in [0.5, 0.6) is 0 Å². The molecule has 156 valence electrons. The van der Waals surface area contributed by atoms with Crippen molar-refractivity contribution in [3.63, 3.8) is 0 Å². The number of allylic oxidation sites excluding steroid dienone is 2. The zero-order valence-corrected chi connectivity index (χ0v) is 16.9. The first kappa shape index (κ1) is 20.3. The van der Waals surface area contributed by atoms with E-state index in [2.05, 4.69) is 19.8 Å². The third-order valence-electron chi connectivity index (χ3n) is 5.15. The van der Waals surface area contributed by atoms with E-state index >= 15 is 0 Å². The van der Waals surface area contributed by atoms with Gasteiger partial charge in [0, 0.05) is 38.6 Å². The standard InChI is InChI=1S/C23H26N4O3/c28-19(5-7-20-22(3-1-9-24-20)26-11-15-29-16-12-26)6-8-21-23(4-2-10-25-21)27-13-17-30-18-14-27/h1-10H,11-18H2/b7-5+,8-6+. The Labute approximate surface area is 176 Å². The second-order valence-electron chi connectivity index (χ2n) is 7.08. The fourth-order valence-electron chi connectivity index (χ4n) is 3.60. The van der Waals surface area contributed by atoms with Crippen LogP contribution in [0.25, 0.3) is 12.2 Å². The van der Waals surface area contributed by atoms with Crippen LogP contribution in [0.2, 0.25) is 0 Å². The molecule has 0 radical (unpaired) electrons. The maximum Gasteiger partial charge on any atom is 0.178 e. The van der Waals surface area contributed by atoms with Gasteiger partial charge in [-0.3, -0.25) is 14.8 Å². The van der Waals surface area contributed by atoms with Gasteiger partial charge in [-0.15, -0.1) is 0 Å². The lowest BCUT2D eigenvalue weighted by Crippen LogP contribution is -2.36. The molecule has 0 aliphatic carbocycles. The lowest BCUT2D eigenvalue weighted by atomic mass is 10.2. The molecule has 30 heavy (non-hydrogen) atoms. The SMILES string of the molecule is O=C(/C=C/c1ncccc1N1CCOCC1)/C=C/c1ncccc1N1CCOCC1. The van der Waals surface area contributed by atoms with E-state index in [4.69, 9.17) is 9.47 Å². The third kappa shape index (κ3) is 5.11. The number of aromatic nitrogens is 2. The highest BCUT2D eigenvalue weighted by atomic mass is 16.5. The van der Waals surface area contributed by atoms with Gasteiger partial charge in [0.25, 0.3) is 0 Å². The molecular formula is C23H26N4O3. The molecule has 7 heteroatoms. The monoisotopic (exact) mass is 406 g/mol. The fraction of sp³-hybridized carbons (Fsp3) is 0.348. The molecule has 4 rings (SSSR count). The minimum Gasteiger partial charge on any atom is -0.378 e. The first-order chi connectivity index (χ1) is 14.8. The van der Waals surface area contributed by atoms with E-state index in [-0.39, 0.29) is 5.78 Å². The normalized spacial score (nSPS) is 17.7. The molecule has 7 nitrogen and oxygen atoms in total. The van der Waals surface area contributed by atoms with Crippen molar-refractivity contribution in [1.29, 1.82) is 0 Å². The van der Waals surface area contributed by atoms with E-state index in [0.29, 0.717) is 26.4 Å². The summed E-state index contributed by atoms with van der Waals surface area (Å²) >= 11 is 0. The smallest absolute Gasteiger partial charge is 0.178 e. The van der Waals surface area contributed by atoms with E-state index in [1.54, 1.807) is 36.7 Å².